The van der Waals surface area contributed by atoms with Crippen molar-refractivity contribution < 1.29 is 14.3 Å². The lowest BCUT2D eigenvalue weighted by Gasteiger charge is -2.18. The summed E-state index contributed by atoms with van der Waals surface area (Å²) in [5.41, 5.74) is 5.82. The summed E-state index contributed by atoms with van der Waals surface area (Å²) in [5, 5.41) is 2.84. The maximum Gasteiger partial charge on any atom is 0.338 e. The third kappa shape index (κ3) is 4.13. The molecule has 4 nitrogen and oxygen atoms in total. The van der Waals surface area contributed by atoms with Gasteiger partial charge in [0.2, 0.25) is 0 Å². The number of nitrogens with one attached hydrogen (secondary N) is 1. The van der Waals surface area contributed by atoms with Crippen LogP contribution < -0.4 is 5.32 Å². The molecule has 1 N–H and O–H groups in total. The van der Waals surface area contributed by atoms with Crippen molar-refractivity contribution in [2.75, 3.05) is 5.32 Å². The summed E-state index contributed by atoms with van der Waals surface area (Å²) in [6, 6.07) is 11.6. The molecule has 136 valence electrons. The number of anilines is 1. The van der Waals surface area contributed by atoms with E-state index < -0.39 is 12.1 Å². The molecular formula is C22H25NO3. The van der Waals surface area contributed by atoms with Crippen LogP contribution in [0.2, 0.25) is 0 Å². The first-order valence-electron chi connectivity index (χ1n) is 9.15. The first-order chi connectivity index (χ1) is 12.4. The molecule has 1 amide bonds. The molecule has 1 aliphatic carbocycles. The molecule has 0 fully saturated rings. The Balaban J connectivity index is 1.65. The van der Waals surface area contributed by atoms with Crippen molar-refractivity contribution in [3.05, 3.63) is 64.2 Å². The van der Waals surface area contributed by atoms with E-state index in [1.165, 1.54) is 17.5 Å². The average Bonchev–Trinajstić information content (AvgIpc) is 2.64. The fourth-order valence-electron chi connectivity index (χ4n) is 3.25. The molecule has 0 aliphatic heterocycles. The lowest BCUT2D eigenvalue weighted by Crippen LogP contribution is -2.30. The second kappa shape index (κ2) is 7.73. The molecule has 0 bridgehead atoms. The minimum Gasteiger partial charge on any atom is -0.449 e. The summed E-state index contributed by atoms with van der Waals surface area (Å²) in [4.78, 5) is 24.8. The number of carbonyl (C=O) groups is 2. The molecule has 0 unspecified atom stereocenters. The van der Waals surface area contributed by atoms with Gasteiger partial charge in [-0.3, -0.25) is 4.79 Å². The van der Waals surface area contributed by atoms with Crippen LogP contribution in [0, 0.1) is 13.8 Å². The highest BCUT2D eigenvalue weighted by Crippen LogP contribution is 2.23. The lowest BCUT2D eigenvalue weighted by atomic mass is 9.90. The van der Waals surface area contributed by atoms with Crippen LogP contribution in [-0.4, -0.2) is 18.0 Å². The highest BCUT2D eigenvalue weighted by atomic mass is 16.5. The number of ether oxygens (including phenoxy) is 1. The van der Waals surface area contributed by atoms with Crippen LogP contribution >= 0.6 is 0 Å². The first-order valence-corrected chi connectivity index (χ1v) is 9.15. The predicted molar refractivity (Wildman–Crippen MR) is 103 cm³/mol. The fraction of sp³-hybridized carbons (Fsp3) is 0.364. The van der Waals surface area contributed by atoms with Gasteiger partial charge in [-0.2, -0.15) is 0 Å². The van der Waals surface area contributed by atoms with Crippen molar-refractivity contribution in [3.63, 3.8) is 0 Å². The minimum absolute atomic E-state index is 0.329. The maximum absolute atomic E-state index is 12.4. The van der Waals surface area contributed by atoms with Gasteiger partial charge in [-0.05, 0) is 86.9 Å². The van der Waals surface area contributed by atoms with Crippen LogP contribution in [0.25, 0.3) is 0 Å². The van der Waals surface area contributed by atoms with Gasteiger partial charge < -0.3 is 10.1 Å². The molecule has 3 rings (SSSR count). The predicted octanol–water partition coefficient (Wildman–Crippen LogP) is 4.37. The van der Waals surface area contributed by atoms with Gasteiger partial charge >= 0.3 is 5.97 Å². The largest absolute Gasteiger partial charge is 0.449 e. The number of benzene rings is 2. The lowest BCUT2D eigenvalue weighted by molar-refractivity contribution is -0.123. The van der Waals surface area contributed by atoms with Crippen LogP contribution in [0.5, 0.6) is 0 Å². The molecule has 1 aliphatic rings. The van der Waals surface area contributed by atoms with Crippen molar-refractivity contribution in [1.82, 2.24) is 0 Å². The van der Waals surface area contributed by atoms with E-state index >= 15 is 0 Å². The van der Waals surface area contributed by atoms with E-state index in [1.54, 1.807) is 13.0 Å². The smallest absolute Gasteiger partial charge is 0.338 e. The Labute approximate surface area is 154 Å². The Hall–Kier alpha value is -2.62. The van der Waals surface area contributed by atoms with E-state index in [-0.39, 0.29) is 5.91 Å². The van der Waals surface area contributed by atoms with Crippen LogP contribution in [0.1, 0.15) is 52.4 Å². The average molecular weight is 351 g/mol. The molecule has 0 spiro atoms. The summed E-state index contributed by atoms with van der Waals surface area (Å²) in [7, 11) is 0. The van der Waals surface area contributed by atoms with Crippen molar-refractivity contribution in [2.24, 2.45) is 0 Å². The summed E-state index contributed by atoms with van der Waals surface area (Å²) >= 11 is 0. The number of carbonyl (C=O) groups excluding carboxylic acids is 2. The number of esters is 1. The van der Waals surface area contributed by atoms with Crippen molar-refractivity contribution in [2.45, 2.75) is 52.6 Å². The molecule has 0 aromatic heterocycles. The molecule has 26 heavy (non-hydrogen) atoms. The van der Waals surface area contributed by atoms with Crippen LogP contribution in [0.4, 0.5) is 5.69 Å². The second-order valence-electron chi connectivity index (χ2n) is 7.05. The summed E-state index contributed by atoms with van der Waals surface area (Å²) in [5.74, 6) is -0.785. The summed E-state index contributed by atoms with van der Waals surface area (Å²) in [6.45, 7) is 5.49. The Morgan fingerprint density at radius 2 is 1.73 bits per heavy atom. The zero-order chi connectivity index (χ0) is 18.7. The normalized spacial score (nSPS) is 14.3. The highest BCUT2D eigenvalue weighted by molar-refractivity contribution is 5.97. The zero-order valence-corrected chi connectivity index (χ0v) is 15.6. The zero-order valence-electron chi connectivity index (χ0n) is 15.6. The van der Waals surface area contributed by atoms with Crippen LogP contribution in [0.3, 0.4) is 0 Å². The molecule has 2 aromatic carbocycles. The van der Waals surface area contributed by atoms with Crippen molar-refractivity contribution in [3.8, 4) is 0 Å². The third-order valence-corrected chi connectivity index (χ3v) is 4.89. The van der Waals surface area contributed by atoms with E-state index in [0.717, 1.165) is 36.1 Å². The topological polar surface area (TPSA) is 55.4 Å². The molecule has 2 aromatic rings. The molecule has 0 heterocycles. The second-order valence-corrected chi connectivity index (χ2v) is 7.05. The Kier molecular flexibility index (Phi) is 5.40. The summed E-state index contributed by atoms with van der Waals surface area (Å²) in [6.07, 6.45) is 3.56. The fourth-order valence-corrected chi connectivity index (χ4v) is 3.25. The summed E-state index contributed by atoms with van der Waals surface area (Å²) < 4.78 is 5.38. The van der Waals surface area contributed by atoms with E-state index in [4.69, 9.17) is 4.74 Å². The first kappa shape index (κ1) is 18.2. The third-order valence-electron chi connectivity index (χ3n) is 4.89. The van der Waals surface area contributed by atoms with Gasteiger partial charge in [-0.25, -0.2) is 4.79 Å². The molecule has 1 atom stereocenters. The van der Waals surface area contributed by atoms with Gasteiger partial charge in [0.05, 0.1) is 5.56 Å². The number of rotatable bonds is 4. The Morgan fingerprint density at radius 3 is 2.50 bits per heavy atom. The Bertz CT molecular complexity index is 841. The Morgan fingerprint density at radius 1 is 1.00 bits per heavy atom. The van der Waals surface area contributed by atoms with Crippen LogP contribution in [-0.2, 0) is 22.4 Å². The van der Waals surface area contributed by atoms with Gasteiger partial charge in [0.25, 0.3) is 5.91 Å². The number of amides is 1. The van der Waals surface area contributed by atoms with E-state index in [1.807, 2.05) is 44.2 Å². The maximum atomic E-state index is 12.4. The van der Waals surface area contributed by atoms with E-state index in [2.05, 4.69) is 5.32 Å². The van der Waals surface area contributed by atoms with Crippen molar-refractivity contribution in [1.29, 1.82) is 0 Å². The number of hydrogen-bond acceptors (Lipinski definition) is 3. The van der Waals surface area contributed by atoms with E-state index in [0.29, 0.717) is 5.56 Å². The van der Waals surface area contributed by atoms with E-state index in [9.17, 15) is 9.59 Å². The standard InChI is InChI=1S/C22H25NO3/c1-14-8-9-15(2)20(12-14)23-21(24)16(3)26-22(25)19-11-10-17-6-4-5-7-18(17)13-19/h8-13,16H,4-7H2,1-3H3,(H,23,24)/t16-/m1/s1. The highest BCUT2D eigenvalue weighted by Gasteiger charge is 2.21. The van der Waals surface area contributed by atoms with Gasteiger partial charge in [0, 0.05) is 5.69 Å². The molecule has 4 heteroatoms. The quantitative estimate of drug-likeness (QED) is 0.833. The molecule has 0 radical (unpaired) electrons. The molecule has 0 saturated carbocycles. The molecule has 0 saturated heterocycles. The van der Waals surface area contributed by atoms with Gasteiger partial charge in [-0.15, -0.1) is 0 Å². The van der Waals surface area contributed by atoms with Crippen molar-refractivity contribution >= 4 is 17.6 Å². The number of fused-ring (bicyclic) bond motifs is 1. The van der Waals surface area contributed by atoms with Gasteiger partial charge in [-0.1, -0.05) is 18.2 Å². The van der Waals surface area contributed by atoms with Gasteiger partial charge in [0.1, 0.15) is 0 Å². The van der Waals surface area contributed by atoms with Gasteiger partial charge in [0.15, 0.2) is 6.10 Å². The number of hydrogen-bond donors (Lipinski definition) is 1. The van der Waals surface area contributed by atoms with Crippen LogP contribution in [0.15, 0.2) is 36.4 Å². The monoisotopic (exact) mass is 351 g/mol. The SMILES string of the molecule is Cc1ccc(C)c(NC(=O)[C@@H](C)OC(=O)c2ccc3c(c2)CCCC3)c1. The molecular weight excluding hydrogens is 326 g/mol. The minimum atomic E-state index is -0.863. The number of aryl methyl sites for hydroxylation is 4.